The summed E-state index contributed by atoms with van der Waals surface area (Å²) in [7, 11) is 0. The van der Waals surface area contributed by atoms with E-state index in [4.69, 9.17) is 17.3 Å². The molecule has 70 valence electrons. The smallest absolute Gasteiger partial charge is 0.240 e. The van der Waals surface area contributed by atoms with Gasteiger partial charge < -0.3 is 5.73 Å². The van der Waals surface area contributed by atoms with Crippen molar-refractivity contribution in [1.82, 2.24) is 15.2 Å². The highest BCUT2D eigenvalue weighted by atomic mass is 35.5. The Morgan fingerprint density at radius 2 is 2.14 bits per heavy atom. The molecule has 0 saturated carbocycles. The molecule has 2 N–H and O–H groups in total. The van der Waals surface area contributed by atoms with Crippen LogP contribution in [0.25, 0.3) is 11.3 Å². The number of aromatic nitrogens is 3. The van der Waals surface area contributed by atoms with Gasteiger partial charge >= 0.3 is 0 Å². The molecule has 5 heteroatoms. The first-order valence-electron chi connectivity index (χ1n) is 3.97. The van der Waals surface area contributed by atoms with E-state index in [2.05, 4.69) is 15.2 Å². The number of nitrogens with zero attached hydrogens (tertiary/aromatic N) is 3. The number of benzene rings is 1. The first kappa shape index (κ1) is 8.90. The molecule has 0 bridgehead atoms. The highest BCUT2D eigenvalue weighted by molar-refractivity contribution is 6.30. The fraction of sp³-hybridized carbons (Fsp3) is 0. The normalized spacial score (nSPS) is 10.1. The van der Waals surface area contributed by atoms with Crippen molar-refractivity contribution in [3.05, 3.63) is 35.5 Å². The van der Waals surface area contributed by atoms with Crippen molar-refractivity contribution in [2.24, 2.45) is 0 Å². The van der Waals surface area contributed by atoms with Crippen molar-refractivity contribution in [3.63, 3.8) is 0 Å². The van der Waals surface area contributed by atoms with E-state index in [1.54, 1.807) is 18.3 Å². The Hall–Kier alpha value is -1.68. The third-order valence-electron chi connectivity index (χ3n) is 1.70. The minimum atomic E-state index is 0.155. The van der Waals surface area contributed by atoms with Crippen molar-refractivity contribution in [1.29, 1.82) is 0 Å². The molecule has 0 radical (unpaired) electrons. The maximum absolute atomic E-state index is 5.84. The molecule has 2 aromatic rings. The largest absolute Gasteiger partial charge is 0.366 e. The van der Waals surface area contributed by atoms with E-state index >= 15 is 0 Å². The van der Waals surface area contributed by atoms with Gasteiger partial charge in [0.2, 0.25) is 5.95 Å². The monoisotopic (exact) mass is 206 g/mol. The van der Waals surface area contributed by atoms with Crippen LogP contribution in [0.5, 0.6) is 0 Å². The van der Waals surface area contributed by atoms with Crippen LogP contribution in [0, 0.1) is 0 Å². The Kier molecular flexibility index (Phi) is 2.28. The Morgan fingerprint density at radius 3 is 2.86 bits per heavy atom. The molecule has 0 spiro atoms. The number of anilines is 1. The predicted octanol–water partition coefficient (Wildman–Crippen LogP) is 1.77. The second-order valence-corrected chi connectivity index (χ2v) is 3.15. The number of hydrogen-bond donors (Lipinski definition) is 1. The molecular formula is C9H7ClN4. The lowest BCUT2D eigenvalue weighted by Gasteiger charge is -2.00. The number of hydrogen-bond acceptors (Lipinski definition) is 4. The molecule has 0 aliphatic carbocycles. The van der Waals surface area contributed by atoms with Crippen LogP contribution in [0.3, 0.4) is 0 Å². The van der Waals surface area contributed by atoms with Crippen LogP contribution in [-0.4, -0.2) is 15.2 Å². The van der Waals surface area contributed by atoms with Gasteiger partial charge in [-0.3, -0.25) is 0 Å². The molecule has 4 nitrogen and oxygen atoms in total. The summed E-state index contributed by atoms with van der Waals surface area (Å²) >= 11 is 5.84. The van der Waals surface area contributed by atoms with Crippen LogP contribution < -0.4 is 5.73 Å². The summed E-state index contributed by atoms with van der Waals surface area (Å²) in [5, 5.41) is 7.93. The maximum Gasteiger partial charge on any atom is 0.240 e. The van der Waals surface area contributed by atoms with Gasteiger partial charge in [0.1, 0.15) is 0 Å². The molecule has 1 heterocycles. The molecule has 0 fully saturated rings. The van der Waals surface area contributed by atoms with E-state index in [1.165, 1.54) is 0 Å². The van der Waals surface area contributed by atoms with Gasteiger partial charge in [-0.2, -0.15) is 5.10 Å². The maximum atomic E-state index is 5.84. The molecule has 0 atom stereocenters. The van der Waals surface area contributed by atoms with Crippen LogP contribution in [0.15, 0.2) is 30.5 Å². The van der Waals surface area contributed by atoms with Crippen LogP contribution in [0.1, 0.15) is 0 Å². The topological polar surface area (TPSA) is 64.7 Å². The van der Waals surface area contributed by atoms with Gasteiger partial charge in [0.05, 0.1) is 11.9 Å². The lowest BCUT2D eigenvalue weighted by molar-refractivity contribution is 0.990. The lowest BCUT2D eigenvalue weighted by atomic mass is 10.2. The molecule has 0 aliphatic heterocycles. The van der Waals surface area contributed by atoms with Crippen LogP contribution in [-0.2, 0) is 0 Å². The summed E-state index contributed by atoms with van der Waals surface area (Å²) in [6.45, 7) is 0. The molecule has 0 unspecified atom stereocenters. The minimum absolute atomic E-state index is 0.155. The third kappa shape index (κ3) is 1.80. The molecule has 14 heavy (non-hydrogen) atoms. The summed E-state index contributed by atoms with van der Waals surface area (Å²) in [4.78, 5) is 4.03. The summed E-state index contributed by atoms with van der Waals surface area (Å²) in [5.74, 6) is 0.155. The number of nitrogens with two attached hydrogens (primary N) is 1. The molecular weight excluding hydrogens is 200 g/mol. The van der Waals surface area contributed by atoms with Gasteiger partial charge in [-0.25, -0.2) is 4.98 Å². The second-order valence-electron chi connectivity index (χ2n) is 2.71. The predicted molar refractivity (Wildman–Crippen MR) is 54.7 cm³/mol. The summed E-state index contributed by atoms with van der Waals surface area (Å²) in [5.41, 5.74) is 6.96. The first-order chi connectivity index (χ1) is 6.75. The second kappa shape index (κ2) is 3.59. The average Bonchev–Trinajstić information content (AvgIpc) is 2.18. The highest BCUT2D eigenvalue weighted by Gasteiger charge is 2.01. The Morgan fingerprint density at radius 1 is 1.29 bits per heavy atom. The van der Waals surface area contributed by atoms with Crippen molar-refractivity contribution in [2.45, 2.75) is 0 Å². The van der Waals surface area contributed by atoms with E-state index < -0.39 is 0 Å². The van der Waals surface area contributed by atoms with Crippen molar-refractivity contribution >= 4 is 17.5 Å². The van der Waals surface area contributed by atoms with Crippen molar-refractivity contribution < 1.29 is 0 Å². The SMILES string of the molecule is Nc1nncc(-c2cccc(Cl)c2)n1. The average molecular weight is 207 g/mol. The zero-order valence-electron chi connectivity index (χ0n) is 7.18. The first-order valence-corrected chi connectivity index (χ1v) is 4.34. The Labute approximate surface area is 85.8 Å². The standard InChI is InChI=1S/C9H7ClN4/c10-7-3-1-2-6(4-7)8-5-12-14-9(11)13-8/h1-5H,(H2,11,13,14). The number of nitrogen functional groups attached to an aromatic ring is 1. The van der Waals surface area contributed by atoms with E-state index in [0.29, 0.717) is 10.7 Å². The molecule has 0 amide bonds. The summed E-state index contributed by atoms with van der Waals surface area (Å²) < 4.78 is 0. The minimum Gasteiger partial charge on any atom is -0.366 e. The van der Waals surface area contributed by atoms with Crippen LogP contribution in [0.4, 0.5) is 5.95 Å². The van der Waals surface area contributed by atoms with E-state index in [9.17, 15) is 0 Å². The van der Waals surface area contributed by atoms with Gasteiger partial charge in [0.15, 0.2) is 0 Å². The van der Waals surface area contributed by atoms with Gasteiger partial charge in [-0.15, -0.1) is 5.10 Å². The van der Waals surface area contributed by atoms with Gasteiger partial charge in [-0.05, 0) is 12.1 Å². The number of rotatable bonds is 1. The van der Waals surface area contributed by atoms with E-state index in [0.717, 1.165) is 5.56 Å². The van der Waals surface area contributed by atoms with Crippen molar-refractivity contribution in [2.75, 3.05) is 5.73 Å². The molecule has 0 aliphatic rings. The fourth-order valence-electron chi connectivity index (χ4n) is 1.10. The third-order valence-corrected chi connectivity index (χ3v) is 1.93. The van der Waals surface area contributed by atoms with Crippen LogP contribution >= 0.6 is 11.6 Å². The summed E-state index contributed by atoms with van der Waals surface area (Å²) in [6, 6.07) is 7.32. The molecule has 2 rings (SSSR count). The highest BCUT2D eigenvalue weighted by Crippen LogP contribution is 2.19. The van der Waals surface area contributed by atoms with Gasteiger partial charge in [-0.1, -0.05) is 23.7 Å². The van der Waals surface area contributed by atoms with Crippen molar-refractivity contribution in [3.8, 4) is 11.3 Å². The molecule has 0 saturated heterocycles. The van der Waals surface area contributed by atoms with Crippen LogP contribution in [0.2, 0.25) is 5.02 Å². The molecule has 1 aromatic heterocycles. The number of halogens is 1. The summed E-state index contributed by atoms with van der Waals surface area (Å²) in [6.07, 6.45) is 1.54. The zero-order chi connectivity index (χ0) is 9.97. The quantitative estimate of drug-likeness (QED) is 0.773. The molecule has 1 aromatic carbocycles. The fourth-order valence-corrected chi connectivity index (χ4v) is 1.29. The van der Waals surface area contributed by atoms with Gasteiger partial charge in [0, 0.05) is 10.6 Å². The van der Waals surface area contributed by atoms with E-state index in [1.807, 2.05) is 12.1 Å². The Bertz CT molecular complexity index is 415. The van der Waals surface area contributed by atoms with E-state index in [-0.39, 0.29) is 5.95 Å². The zero-order valence-corrected chi connectivity index (χ0v) is 7.94. The van der Waals surface area contributed by atoms with Gasteiger partial charge in [0.25, 0.3) is 0 Å². The lowest BCUT2D eigenvalue weighted by Crippen LogP contribution is -1.97. The Balaban J connectivity index is 2.49.